The third-order valence-electron chi connectivity index (χ3n) is 2.54. The monoisotopic (exact) mass is 265 g/mol. The van der Waals surface area contributed by atoms with E-state index >= 15 is 0 Å². The van der Waals surface area contributed by atoms with Crippen molar-refractivity contribution >= 4 is 28.8 Å². The number of aromatic carboxylic acids is 1. The number of nitrogens with zero attached hydrogens (tertiary/aromatic N) is 1. The van der Waals surface area contributed by atoms with Gasteiger partial charge in [-0.15, -0.1) is 0 Å². The van der Waals surface area contributed by atoms with E-state index in [1.54, 1.807) is 17.8 Å². The number of carbonyl (C=O) groups is 1. The number of aromatic nitrogens is 1. The second kappa shape index (κ2) is 5.44. The van der Waals surface area contributed by atoms with Crippen LogP contribution in [-0.2, 0) is 0 Å². The molecule has 0 saturated heterocycles. The number of carboxylic acids is 1. The predicted molar refractivity (Wildman–Crippen MR) is 71.1 cm³/mol. The van der Waals surface area contributed by atoms with Crippen LogP contribution in [-0.4, -0.2) is 21.8 Å². The Morgan fingerprint density at radius 1 is 1.50 bits per heavy atom. The Morgan fingerprint density at radius 2 is 2.28 bits per heavy atom. The zero-order valence-corrected chi connectivity index (χ0v) is 11.2. The van der Waals surface area contributed by atoms with Crippen LogP contribution in [0.15, 0.2) is 27.8 Å². The average molecular weight is 265 g/mol. The minimum Gasteiger partial charge on any atom is -0.478 e. The molecule has 0 atom stereocenters. The van der Waals surface area contributed by atoms with E-state index < -0.39 is 5.97 Å². The van der Waals surface area contributed by atoms with Gasteiger partial charge in [-0.2, -0.15) is 0 Å². The van der Waals surface area contributed by atoms with E-state index in [2.05, 4.69) is 18.8 Å². The van der Waals surface area contributed by atoms with Crippen LogP contribution < -0.4 is 0 Å². The van der Waals surface area contributed by atoms with E-state index in [-0.39, 0.29) is 5.56 Å². The van der Waals surface area contributed by atoms with E-state index in [4.69, 9.17) is 9.52 Å². The maximum Gasteiger partial charge on any atom is 0.335 e. The van der Waals surface area contributed by atoms with Crippen LogP contribution in [0.1, 0.15) is 30.6 Å². The number of fused-ring (bicyclic) bond motifs is 1. The molecule has 96 valence electrons. The second-order valence-corrected chi connectivity index (χ2v) is 5.54. The highest BCUT2D eigenvalue weighted by molar-refractivity contribution is 7.99. The summed E-state index contributed by atoms with van der Waals surface area (Å²) < 4.78 is 5.53. The number of carboxylic acid groups (broad SMARTS) is 1. The topological polar surface area (TPSA) is 63.3 Å². The molecule has 1 aromatic heterocycles. The molecule has 1 N–H and O–H groups in total. The summed E-state index contributed by atoms with van der Waals surface area (Å²) in [7, 11) is 0. The highest BCUT2D eigenvalue weighted by Gasteiger charge is 2.10. The van der Waals surface area contributed by atoms with Crippen LogP contribution in [0.3, 0.4) is 0 Å². The van der Waals surface area contributed by atoms with Crippen LogP contribution in [0, 0.1) is 5.92 Å². The van der Waals surface area contributed by atoms with E-state index in [9.17, 15) is 4.79 Å². The molecule has 1 heterocycles. The van der Waals surface area contributed by atoms with Gasteiger partial charge in [0.25, 0.3) is 5.22 Å². The number of hydrogen-bond donors (Lipinski definition) is 1. The van der Waals surface area contributed by atoms with Gasteiger partial charge in [0.2, 0.25) is 0 Å². The van der Waals surface area contributed by atoms with Crippen molar-refractivity contribution in [2.75, 3.05) is 5.75 Å². The summed E-state index contributed by atoms with van der Waals surface area (Å²) in [5.41, 5.74) is 1.45. The maximum absolute atomic E-state index is 10.8. The molecule has 4 nitrogen and oxygen atoms in total. The molecule has 0 unspecified atom stereocenters. The van der Waals surface area contributed by atoms with Crippen LogP contribution in [0.2, 0.25) is 0 Å². The Balaban J connectivity index is 2.14. The first-order valence-electron chi connectivity index (χ1n) is 5.83. The minimum atomic E-state index is -0.956. The standard InChI is InChI=1S/C13H15NO3S/c1-8(2)5-6-18-13-14-10-4-3-9(12(15)16)7-11(10)17-13/h3-4,7-8H,5-6H2,1-2H3,(H,15,16). The third kappa shape index (κ3) is 3.04. The van der Waals surface area contributed by atoms with Crippen LogP contribution in [0.5, 0.6) is 0 Å². The lowest BCUT2D eigenvalue weighted by Crippen LogP contribution is -1.94. The molecule has 5 heteroatoms. The Labute approximate surface area is 109 Å². The van der Waals surface area contributed by atoms with Crippen molar-refractivity contribution in [3.63, 3.8) is 0 Å². The smallest absolute Gasteiger partial charge is 0.335 e. The summed E-state index contributed by atoms with van der Waals surface area (Å²) in [5, 5.41) is 9.49. The summed E-state index contributed by atoms with van der Waals surface area (Å²) in [4.78, 5) is 15.1. The molecule has 0 bridgehead atoms. The second-order valence-electron chi connectivity index (χ2n) is 4.50. The van der Waals surface area contributed by atoms with Gasteiger partial charge >= 0.3 is 5.97 Å². The van der Waals surface area contributed by atoms with Crippen molar-refractivity contribution in [2.45, 2.75) is 25.5 Å². The molecule has 2 aromatic rings. The fourth-order valence-corrected chi connectivity index (χ4v) is 2.56. The molecule has 0 spiro atoms. The average Bonchev–Trinajstić information content (AvgIpc) is 2.69. The van der Waals surface area contributed by atoms with Crippen LogP contribution in [0.25, 0.3) is 11.1 Å². The van der Waals surface area contributed by atoms with Gasteiger partial charge in [-0.3, -0.25) is 0 Å². The largest absolute Gasteiger partial charge is 0.478 e. The van der Waals surface area contributed by atoms with Gasteiger partial charge in [-0.1, -0.05) is 25.6 Å². The molecule has 18 heavy (non-hydrogen) atoms. The summed E-state index contributed by atoms with van der Waals surface area (Å²) in [5.74, 6) is 0.652. The zero-order chi connectivity index (χ0) is 13.1. The lowest BCUT2D eigenvalue weighted by atomic mass is 10.2. The summed E-state index contributed by atoms with van der Waals surface area (Å²) in [6.07, 6.45) is 1.10. The SMILES string of the molecule is CC(C)CCSc1nc2ccc(C(=O)O)cc2o1. The molecular formula is C13H15NO3S. The Hall–Kier alpha value is -1.49. The van der Waals surface area contributed by atoms with Crippen molar-refractivity contribution in [2.24, 2.45) is 5.92 Å². The van der Waals surface area contributed by atoms with E-state index in [0.29, 0.717) is 22.2 Å². The molecule has 0 aliphatic heterocycles. The summed E-state index contributed by atoms with van der Waals surface area (Å²) in [6.45, 7) is 4.34. The Bertz CT molecular complexity index is 562. The Morgan fingerprint density at radius 3 is 2.94 bits per heavy atom. The lowest BCUT2D eigenvalue weighted by Gasteiger charge is -2.00. The number of thioether (sulfide) groups is 1. The molecule has 0 aliphatic rings. The predicted octanol–water partition coefficient (Wildman–Crippen LogP) is 3.66. The molecule has 0 saturated carbocycles. The first-order valence-corrected chi connectivity index (χ1v) is 6.81. The van der Waals surface area contributed by atoms with Gasteiger partial charge < -0.3 is 9.52 Å². The van der Waals surface area contributed by atoms with E-state index in [1.165, 1.54) is 12.1 Å². The summed E-state index contributed by atoms with van der Waals surface area (Å²) >= 11 is 1.56. The minimum absolute atomic E-state index is 0.220. The number of oxazole rings is 1. The van der Waals surface area contributed by atoms with Gasteiger partial charge in [0.15, 0.2) is 5.58 Å². The zero-order valence-electron chi connectivity index (χ0n) is 10.3. The third-order valence-corrected chi connectivity index (χ3v) is 3.40. The fourth-order valence-electron chi connectivity index (χ4n) is 1.48. The first kappa shape index (κ1) is 13.0. The molecule has 0 aliphatic carbocycles. The molecule has 0 amide bonds. The van der Waals surface area contributed by atoms with E-state index in [1.807, 2.05) is 0 Å². The van der Waals surface area contributed by atoms with Crippen molar-refractivity contribution < 1.29 is 14.3 Å². The normalized spacial score (nSPS) is 11.3. The van der Waals surface area contributed by atoms with Crippen LogP contribution in [0.4, 0.5) is 0 Å². The Kier molecular flexibility index (Phi) is 3.91. The maximum atomic E-state index is 10.8. The molecule has 1 aromatic carbocycles. The van der Waals surface area contributed by atoms with Crippen LogP contribution >= 0.6 is 11.8 Å². The quantitative estimate of drug-likeness (QED) is 0.836. The lowest BCUT2D eigenvalue weighted by molar-refractivity contribution is 0.0697. The highest BCUT2D eigenvalue weighted by atomic mass is 32.2. The number of benzene rings is 1. The fraction of sp³-hybridized carbons (Fsp3) is 0.385. The molecule has 0 fully saturated rings. The van der Waals surface area contributed by atoms with Crippen molar-refractivity contribution in [3.8, 4) is 0 Å². The van der Waals surface area contributed by atoms with Gasteiger partial charge in [0.1, 0.15) is 5.52 Å². The van der Waals surface area contributed by atoms with Crippen molar-refractivity contribution in [1.82, 2.24) is 4.98 Å². The molecular weight excluding hydrogens is 250 g/mol. The van der Waals surface area contributed by atoms with Gasteiger partial charge in [-0.25, -0.2) is 9.78 Å². The molecule has 0 radical (unpaired) electrons. The van der Waals surface area contributed by atoms with Gasteiger partial charge in [-0.05, 0) is 30.5 Å². The van der Waals surface area contributed by atoms with E-state index in [0.717, 1.165) is 12.2 Å². The number of hydrogen-bond acceptors (Lipinski definition) is 4. The van der Waals surface area contributed by atoms with Crippen molar-refractivity contribution in [3.05, 3.63) is 23.8 Å². The molecule has 2 rings (SSSR count). The summed E-state index contributed by atoms with van der Waals surface area (Å²) in [6, 6.07) is 4.72. The highest BCUT2D eigenvalue weighted by Crippen LogP contribution is 2.25. The van der Waals surface area contributed by atoms with Crippen molar-refractivity contribution in [1.29, 1.82) is 0 Å². The first-order chi connectivity index (χ1) is 8.56. The number of rotatable bonds is 5. The van der Waals surface area contributed by atoms with Gasteiger partial charge in [0, 0.05) is 5.75 Å². The van der Waals surface area contributed by atoms with Gasteiger partial charge in [0.05, 0.1) is 5.56 Å².